The number of rotatable bonds is 3. The van der Waals surface area contributed by atoms with Gasteiger partial charge in [0.25, 0.3) is 0 Å². The third-order valence-electron chi connectivity index (χ3n) is 1.72. The molecule has 1 heterocycles. The van der Waals surface area contributed by atoms with E-state index in [0.29, 0.717) is 5.92 Å². The first-order valence-corrected chi connectivity index (χ1v) is 4.52. The van der Waals surface area contributed by atoms with Crippen molar-refractivity contribution in [2.75, 3.05) is 7.11 Å². The van der Waals surface area contributed by atoms with Crippen LogP contribution in [0.15, 0.2) is 12.4 Å². The molecule has 0 saturated heterocycles. The highest BCUT2D eigenvalue weighted by molar-refractivity contribution is 5.84. The largest absolute Gasteiger partial charge is 0.463 e. The van der Waals surface area contributed by atoms with Gasteiger partial charge in [0.05, 0.1) is 7.11 Å². The van der Waals surface area contributed by atoms with Crippen molar-refractivity contribution in [1.82, 2.24) is 9.97 Å². The Morgan fingerprint density at radius 1 is 1.43 bits per heavy atom. The molecule has 0 aliphatic carbocycles. The Kier molecular flexibility index (Phi) is 3.56. The van der Waals surface area contributed by atoms with Gasteiger partial charge in [0, 0.05) is 12.4 Å². The maximum atomic E-state index is 11.0. The summed E-state index contributed by atoms with van der Waals surface area (Å²) >= 11 is 0. The van der Waals surface area contributed by atoms with Crippen molar-refractivity contribution in [1.29, 1.82) is 0 Å². The summed E-state index contributed by atoms with van der Waals surface area (Å²) in [5.74, 6) is 0.170. The van der Waals surface area contributed by atoms with Crippen LogP contribution in [-0.2, 0) is 11.2 Å². The molecule has 0 bridgehead atoms. The van der Waals surface area contributed by atoms with E-state index in [4.69, 9.17) is 0 Å². The Hall–Kier alpha value is -1.45. The Morgan fingerprint density at radius 3 is 2.43 bits per heavy atom. The summed E-state index contributed by atoms with van der Waals surface area (Å²) in [6, 6.07) is 0. The molecule has 0 spiro atoms. The molecule has 0 N–H and O–H groups in total. The fourth-order valence-corrected chi connectivity index (χ4v) is 1.13. The standard InChI is InChI=1S/C10H14N2O2/c1-7(2)4-8-5-11-9(12-6-8)10(13)14-3/h5-7H,4H2,1-3H3. The number of aromatic nitrogens is 2. The van der Waals surface area contributed by atoms with E-state index in [1.807, 2.05) is 0 Å². The van der Waals surface area contributed by atoms with Crippen molar-refractivity contribution >= 4 is 5.97 Å². The van der Waals surface area contributed by atoms with Gasteiger partial charge in [-0.25, -0.2) is 14.8 Å². The molecule has 0 saturated carbocycles. The second-order valence-corrected chi connectivity index (χ2v) is 3.50. The predicted molar refractivity (Wildman–Crippen MR) is 51.9 cm³/mol. The molecule has 0 aromatic carbocycles. The minimum absolute atomic E-state index is 0.111. The summed E-state index contributed by atoms with van der Waals surface area (Å²) < 4.78 is 4.49. The van der Waals surface area contributed by atoms with E-state index in [1.165, 1.54) is 7.11 Å². The van der Waals surface area contributed by atoms with Gasteiger partial charge in [0.1, 0.15) is 0 Å². The number of ether oxygens (including phenoxy) is 1. The van der Waals surface area contributed by atoms with Crippen LogP contribution in [0.5, 0.6) is 0 Å². The lowest BCUT2D eigenvalue weighted by molar-refractivity contribution is 0.0586. The molecule has 4 nitrogen and oxygen atoms in total. The molecule has 0 aliphatic rings. The first-order chi connectivity index (χ1) is 6.63. The van der Waals surface area contributed by atoms with Gasteiger partial charge in [-0.05, 0) is 17.9 Å². The molecule has 0 amide bonds. The maximum Gasteiger partial charge on any atom is 0.376 e. The van der Waals surface area contributed by atoms with Crippen LogP contribution in [0.1, 0.15) is 30.0 Å². The monoisotopic (exact) mass is 194 g/mol. The van der Waals surface area contributed by atoms with E-state index in [2.05, 4.69) is 28.6 Å². The number of methoxy groups -OCH3 is 1. The normalized spacial score (nSPS) is 10.3. The highest BCUT2D eigenvalue weighted by atomic mass is 16.5. The molecule has 0 atom stereocenters. The number of carbonyl (C=O) groups excluding carboxylic acids is 1. The summed E-state index contributed by atoms with van der Waals surface area (Å²) in [6.45, 7) is 4.24. The molecule has 1 aromatic rings. The predicted octanol–water partition coefficient (Wildman–Crippen LogP) is 1.46. The van der Waals surface area contributed by atoms with Gasteiger partial charge >= 0.3 is 5.97 Å². The lowest BCUT2D eigenvalue weighted by atomic mass is 10.1. The first kappa shape index (κ1) is 10.6. The van der Waals surface area contributed by atoms with Gasteiger partial charge in [-0.2, -0.15) is 0 Å². The van der Waals surface area contributed by atoms with E-state index < -0.39 is 5.97 Å². The zero-order chi connectivity index (χ0) is 10.6. The quantitative estimate of drug-likeness (QED) is 0.683. The minimum atomic E-state index is -0.499. The Bertz CT molecular complexity index is 306. The fourth-order valence-electron chi connectivity index (χ4n) is 1.13. The summed E-state index contributed by atoms with van der Waals surface area (Å²) in [7, 11) is 1.31. The average molecular weight is 194 g/mol. The van der Waals surface area contributed by atoms with Crippen LogP contribution in [0.3, 0.4) is 0 Å². The highest BCUT2D eigenvalue weighted by Crippen LogP contribution is 2.05. The Morgan fingerprint density at radius 2 is 2.00 bits per heavy atom. The summed E-state index contributed by atoms with van der Waals surface area (Å²) in [5, 5.41) is 0. The first-order valence-electron chi connectivity index (χ1n) is 4.52. The number of nitrogens with zero attached hydrogens (tertiary/aromatic N) is 2. The van der Waals surface area contributed by atoms with Crippen molar-refractivity contribution in [2.45, 2.75) is 20.3 Å². The molecule has 0 fully saturated rings. The van der Waals surface area contributed by atoms with Crippen LogP contribution in [0.4, 0.5) is 0 Å². The van der Waals surface area contributed by atoms with Gasteiger partial charge < -0.3 is 4.74 Å². The SMILES string of the molecule is COC(=O)c1ncc(CC(C)C)cn1. The van der Waals surface area contributed by atoms with E-state index in [-0.39, 0.29) is 5.82 Å². The van der Waals surface area contributed by atoms with E-state index in [9.17, 15) is 4.79 Å². The molecular weight excluding hydrogens is 180 g/mol. The smallest absolute Gasteiger partial charge is 0.376 e. The van der Waals surface area contributed by atoms with E-state index in [0.717, 1.165) is 12.0 Å². The summed E-state index contributed by atoms with van der Waals surface area (Å²) in [6.07, 6.45) is 4.25. The highest BCUT2D eigenvalue weighted by Gasteiger charge is 2.08. The minimum Gasteiger partial charge on any atom is -0.463 e. The van der Waals surface area contributed by atoms with Gasteiger partial charge in [-0.15, -0.1) is 0 Å². The van der Waals surface area contributed by atoms with Gasteiger partial charge in [-0.3, -0.25) is 0 Å². The van der Waals surface area contributed by atoms with Gasteiger partial charge in [0.2, 0.25) is 5.82 Å². The Balaban J connectivity index is 2.73. The van der Waals surface area contributed by atoms with Crippen LogP contribution in [0, 0.1) is 5.92 Å². The molecule has 0 aliphatic heterocycles. The zero-order valence-corrected chi connectivity index (χ0v) is 8.65. The maximum absolute atomic E-state index is 11.0. The van der Waals surface area contributed by atoms with Gasteiger partial charge in [-0.1, -0.05) is 13.8 Å². The van der Waals surface area contributed by atoms with Crippen molar-refractivity contribution in [3.05, 3.63) is 23.8 Å². The third kappa shape index (κ3) is 2.80. The van der Waals surface area contributed by atoms with Crippen LogP contribution < -0.4 is 0 Å². The van der Waals surface area contributed by atoms with E-state index >= 15 is 0 Å². The molecular formula is C10H14N2O2. The second-order valence-electron chi connectivity index (χ2n) is 3.50. The average Bonchev–Trinajstić information content (AvgIpc) is 2.17. The molecule has 0 radical (unpaired) electrons. The molecule has 14 heavy (non-hydrogen) atoms. The van der Waals surface area contributed by atoms with Crippen LogP contribution in [-0.4, -0.2) is 23.0 Å². The summed E-state index contributed by atoms with van der Waals surface area (Å²) in [4.78, 5) is 18.8. The van der Waals surface area contributed by atoms with Crippen LogP contribution >= 0.6 is 0 Å². The van der Waals surface area contributed by atoms with E-state index in [1.54, 1.807) is 12.4 Å². The summed E-state index contributed by atoms with van der Waals surface area (Å²) in [5.41, 5.74) is 1.03. The fraction of sp³-hybridized carbons (Fsp3) is 0.500. The van der Waals surface area contributed by atoms with Crippen molar-refractivity contribution in [3.8, 4) is 0 Å². The number of carbonyl (C=O) groups is 1. The van der Waals surface area contributed by atoms with Gasteiger partial charge in [0.15, 0.2) is 0 Å². The molecule has 0 unspecified atom stereocenters. The number of hydrogen-bond acceptors (Lipinski definition) is 4. The number of hydrogen-bond donors (Lipinski definition) is 0. The molecule has 76 valence electrons. The Labute approximate surface area is 83.3 Å². The van der Waals surface area contributed by atoms with Crippen LogP contribution in [0.2, 0.25) is 0 Å². The van der Waals surface area contributed by atoms with Crippen molar-refractivity contribution in [2.24, 2.45) is 5.92 Å². The lowest BCUT2D eigenvalue weighted by Gasteiger charge is -2.03. The molecule has 1 rings (SSSR count). The third-order valence-corrected chi connectivity index (χ3v) is 1.72. The van der Waals surface area contributed by atoms with Crippen LogP contribution in [0.25, 0.3) is 0 Å². The topological polar surface area (TPSA) is 52.1 Å². The molecule has 1 aromatic heterocycles. The second kappa shape index (κ2) is 4.69. The lowest BCUT2D eigenvalue weighted by Crippen LogP contribution is -2.08. The zero-order valence-electron chi connectivity index (χ0n) is 8.65. The van der Waals surface area contributed by atoms with Crippen molar-refractivity contribution in [3.63, 3.8) is 0 Å². The molecule has 4 heteroatoms. The number of esters is 1. The van der Waals surface area contributed by atoms with Crippen molar-refractivity contribution < 1.29 is 9.53 Å².